The number of rotatable bonds is 6. The van der Waals surface area contributed by atoms with Gasteiger partial charge in [-0.25, -0.2) is 0 Å². The minimum Gasteiger partial charge on any atom is -0.496 e. The van der Waals surface area contributed by atoms with E-state index in [0.29, 0.717) is 23.8 Å². The molecule has 0 aromatic heterocycles. The van der Waals surface area contributed by atoms with Crippen molar-refractivity contribution in [2.45, 2.75) is 25.7 Å². The number of benzene rings is 1. The zero-order valence-electron chi connectivity index (χ0n) is 11.2. The number of ketones is 1. The van der Waals surface area contributed by atoms with Crippen molar-refractivity contribution in [2.24, 2.45) is 5.92 Å². The largest absolute Gasteiger partial charge is 0.496 e. The predicted octanol–water partition coefficient (Wildman–Crippen LogP) is 2.85. The molecule has 4 heteroatoms. The Hall–Kier alpha value is -1.06. The maximum atomic E-state index is 12.0. The van der Waals surface area contributed by atoms with E-state index in [-0.39, 0.29) is 5.78 Å². The van der Waals surface area contributed by atoms with E-state index in [4.69, 9.17) is 16.3 Å². The molecule has 1 aliphatic heterocycles. The third kappa shape index (κ3) is 4.22. The van der Waals surface area contributed by atoms with Gasteiger partial charge >= 0.3 is 0 Å². The number of nitrogens with one attached hydrogen (secondary N) is 1. The molecule has 1 N–H and O–H groups in total. The Labute approximate surface area is 119 Å². The Kier molecular flexibility index (Phi) is 5.23. The summed E-state index contributed by atoms with van der Waals surface area (Å²) in [5, 5.41) is 3.96. The Bertz CT molecular complexity index is 442. The summed E-state index contributed by atoms with van der Waals surface area (Å²) < 4.78 is 5.26. The lowest BCUT2D eigenvalue weighted by molar-refractivity contribution is -0.118. The minimum atomic E-state index is 0.257. The molecule has 0 aliphatic carbocycles. The highest BCUT2D eigenvalue weighted by molar-refractivity contribution is 6.30. The van der Waals surface area contributed by atoms with E-state index in [1.807, 2.05) is 12.1 Å². The molecule has 0 bridgehead atoms. The molecule has 1 saturated heterocycles. The van der Waals surface area contributed by atoms with Crippen LogP contribution in [0.4, 0.5) is 0 Å². The summed E-state index contributed by atoms with van der Waals surface area (Å²) in [5.41, 5.74) is 0.879. The van der Waals surface area contributed by atoms with Crippen molar-refractivity contribution < 1.29 is 9.53 Å². The van der Waals surface area contributed by atoms with Crippen LogP contribution >= 0.6 is 11.6 Å². The third-order valence-electron chi connectivity index (χ3n) is 3.62. The van der Waals surface area contributed by atoms with Crippen LogP contribution in [0.5, 0.6) is 5.75 Å². The molecule has 2 rings (SSSR count). The highest BCUT2D eigenvalue weighted by Gasteiger charge is 2.16. The average molecular weight is 282 g/mol. The lowest BCUT2D eigenvalue weighted by atomic mass is 9.98. The molecule has 0 spiro atoms. The third-order valence-corrected chi connectivity index (χ3v) is 3.86. The lowest BCUT2D eigenvalue weighted by Gasteiger charge is -2.10. The number of hydrogen-bond donors (Lipinski definition) is 1. The monoisotopic (exact) mass is 281 g/mol. The normalized spacial score (nSPS) is 18.5. The number of Topliss-reactive ketones (excluding diaryl/α,β-unsaturated/α-hetero) is 1. The molecule has 1 aromatic rings. The lowest BCUT2D eigenvalue weighted by Crippen LogP contribution is -2.11. The molecule has 1 atom stereocenters. The van der Waals surface area contributed by atoms with Crippen LogP contribution in [0.2, 0.25) is 5.02 Å². The van der Waals surface area contributed by atoms with Crippen LogP contribution in [0.15, 0.2) is 18.2 Å². The predicted molar refractivity (Wildman–Crippen MR) is 76.9 cm³/mol. The zero-order chi connectivity index (χ0) is 13.7. The average Bonchev–Trinajstić information content (AvgIpc) is 2.90. The highest BCUT2D eigenvalue weighted by Crippen LogP contribution is 2.24. The molecule has 1 aromatic carbocycles. The zero-order valence-corrected chi connectivity index (χ0v) is 12.0. The molecule has 0 radical (unpaired) electrons. The summed E-state index contributed by atoms with van der Waals surface area (Å²) in [7, 11) is 1.61. The summed E-state index contributed by atoms with van der Waals surface area (Å²) in [5.74, 6) is 1.65. The van der Waals surface area contributed by atoms with Gasteiger partial charge in [-0.05, 0) is 50.0 Å². The molecular formula is C15H20ClNO2. The van der Waals surface area contributed by atoms with Crippen LogP contribution < -0.4 is 10.1 Å². The minimum absolute atomic E-state index is 0.257. The number of hydrogen-bond acceptors (Lipinski definition) is 3. The van der Waals surface area contributed by atoms with Crippen molar-refractivity contribution in [2.75, 3.05) is 20.2 Å². The van der Waals surface area contributed by atoms with Gasteiger partial charge < -0.3 is 10.1 Å². The SMILES string of the molecule is COc1ccc(Cl)cc1CC(=O)CCC1CCNC1. The van der Waals surface area contributed by atoms with Crippen LogP contribution in [0.3, 0.4) is 0 Å². The second-order valence-corrected chi connectivity index (χ2v) is 5.51. The molecule has 19 heavy (non-hydrogen) atoms. The smallest absolute Gasteiger partial charge is 0.137 e. The molecular weight excluding hydrogens is 262 g/mol. The Balaban J connectivity index is 1.88. The summed E-state index contributed by atoms with van der Waals surface area (Å²) in [6, 6.07) is 5.40. The summed E-state index contributed by atoms with van der Waals surface area (Å²) in [6.45, 7) is 2.13. The number of methoxy groups -OCH3 is 1. The Morgan fingerprint density at radius 3 is 3.05 bits per heavy atom. The number of ether oxygens (including phenoxy) is 1. The first kappa shape index (κ1) is 14.4. The van der Waals surface area contributed by atoms with Gasteiger partial charge in [-0.2, -0.15) is 0 Å². The standard InChI is InChI=1S/C15H20ClNO2/c1-19-15-5-3-13(16)8-12(15)9-14(18)4-2-11-6-7-17-10-11/h3,5,8,11,17H,2,4,6-7,9-10H2,1H3. The molecule has 1 unspecified atom stereocenters. The van der Waals surface area contributed by atoms with Crippen molar-refractivity contribution in [1.29, 1.82) is 0 Å². The molecule has 1 heterocycles. The first-order chi connectivity index (χ1) is 9.19. The van der Waals surface area contributed by atoms with Gasteiger partial charge in [0.25, 0.3) is 0 Å². The maximum Gasteiger partial charge on any atom is 0.137 e. The fourth-order valence-corrected chi connectivity index (χ4v) is 2.71. The summed E-state index contributed by atoms with van der Waals surface area (Å²) in [6.07, 6.45) is 3.22. The van der Waals surface area contributed by atoms with Crippen molar-refractivity contribution >= 4 is 17.4 Å². The van der Waals surface area contributed by atoms with Gasteiger partial charge in [-0.1, -0.05) is 11.6 Å². The molecule has 3 nitrogen and oxygen atoms in total. The van der Waals surface area contributed by atoms with Gasteiger partial charge in [0.05, 0.1) is 7.11 Å². The van der Waals surface area contributed by atoms with E-state index < -0.39 is 0 Å². The van der Waals surface area contributed by atoms with Gasteiger partial charge in [0.2, 0.25) is 0 Å². The second-order valence-electron chi connectivity index (χ2n) is 5.07. The number of carbonyl (C=O) groups is 1. The van der Waals surface area contributed by atoms with Gasteiger partial charge in [0, 0.05) is 23.4 Å². The van der Waals surface area contributed by atoms with E-state index >= 15 is 0 Å². The molecule has 0 saturated carbocycles. The number of carbonyl (C=O) groups excluding carboxylic acids is 1. The van der Waals surface area contributed by atoms with Crippen LogP contribution in [0.25, 0.3) is 0 Å². The van der Waals surface area contributed by atoms with Crippen molar-refractivity contribution in [1.82, 2.24) is 5.32 Å². The Morgan fingerprint density at radius 2 is 2.37 bits per heavy atom. The summed E-state index contributed by atoms with van der Waals surface area (Å²) >= 11 is 5.96. The molecule has 1 aliphatic rings. The van der Waals surface area contributed by atoms with Crippen LogP contribution in [0, 0.1) is 5.92 Å². The van der Waals surface area contributed by atoms with Crippen LogP contribution in [-0.2, 0) is 11.2 Å². The summed E-state index contributed by atoms with van der Waals surface area (Å²) in [4.78, 5) is 12.0. The molecule has 1 fully saturated rings. The first-order valence-electron chi connectivity index (χ1n) is 6.74. The Morgan fingerprint density at radius 1 is 1.53 bits per heavy atom. The molecule has 104 valence electrons. The van der Waals surface area contributed by atoms with Crippen LogP contribution in [-0.4, -0.2) is 26.0 Å². The maximum absolute atomic E-state index is 12.0. The van der Waals surface area contributed by atoms with E-state index in [2.05, 4.69) is 5.32 Å². The number of halogens is 1. The second kappa shape index (κ2) is 6.92. The topological polar surface area (TPSA) is 38.3 Å². The van der Waals surface area contributed by atoms with Gasteiger partial charge in [0.15, 0.2) is 0 Å². The first-order valence-corrected chi connectivity index (χ1v) is 7.11. The van der Waals surface area contributed by atoms with E-state index in [9.17, 15) is 4.79 Å². The van der Waals surface area contributed by atoms with Crippen molar-refractivity contribution in [3.63, 3.8) is 0 Å². The van der Waals surface area contributed by atoms with E-state index in [0.717, 1.165) is 30.8 Å². The fraction of sp³-hybridized carbons (Fsp3) is 0.533. The quantitative estimate of drug-likeness (QED) is 0.871. The fourth-order valence-electron chi connectivity index (χ4n) is 2.51. The van der Waals surface area contributed by atoms with Crippen molar-refractivity contribution in [3.05, 3.63) is 28.8 Å². The van der Waals surface area contributed by atoms with Gasteiger partial charge in [0.1, 0.15) is 11.5 Å². The molecule has 0 amide bonds. The van der Waals surface area contributed by atoms with Gasteiger partial charge in [-0.15, -0.1) is 0 Å². The van der Waals surface area contributed by atoms with E-state index in [1.54, 1.807) is 13.2 Å². The van der Waals surface area contributed by atoms with Gasteiger partial charge in [-0.3, -0.25) is 4.79 Å². The van der Waals surface area contributed by atoms with Crippen molar-refractivity contribution in [3.8, 4) is 5.75 Å². The van der Waals surface area contributed by atoms with E-state index in [1.165, 1.54) is 6.42 Å². The highest BCUT2D eigenvalue weighted by atomic mass is 35.5. The van der Waals surface area contributed by atoms with Crippen LogP contribution in [0.1, 0.15) is 24.8 Å².